The second-order valence-electron chi connectivity index (χ2n) is 4.87. The van der Waals surface area contributed by atoms with Gasteiger partial charge in [-0.15, -0.1) is 11.3 Å². The van der Waals surface area contributed by atoms with Crippen LogP contribution in [0.5, 0.6) is 0 Å². The van der Waals surface area contributed by atoms with Gasteiger partial charge in [-0.25, -0.2) is 0 Å². The Kier molecular flexibility index (Phi) is 9.87. The highest BCUT2D eigenvalue weighted by atomic mass is 32.1. The zero-order valence-electron chi connectivity index (χ0n) is 12.9. The molecule has 1 rings (SSSR count). The first-order chi connectivity index (χ1) is 9.77. The highest BCUT2D eigenvalue weighted by Crippen LogP contribution is 2.17. The summed E-state index contributed by atoms with van der Waals surface area (Å²) in [4.78, 5) is 3.82. The predicted octanol–water partition coefficient (Wildman–Crippen LogP) is 2.38. The van der Waals surface area contributed by atoms with Gasteiger partial charge in [0.15, 0.2) is 0 Å². The molecule has 5 heteroatoms. The molecule has 0 spiro atoms. The van der Waals surface area contributed by atoms with Crippen LogP contribution in [0.15, 0.2) is 17.5 Å². The van der Waals surface area contributed by atoms with Crippen LogP contribution in [-0.4, -0.2) is 58.5 Å². The molecule has 4 nitrogen and oxygen atoms in total. The van der Waals surface area contributed by atoms with Crippen molar-refractivity contribution in [2.75, 3.05) is 53.6 Å². The van der Waals surface area contributed by atoms with E-state index in [1.54, 1.807) is 14.2 Å². The summed E-state index contributed by atoms with van der Waals surface area (Å²) in [6, 6.07) is 4.72. The number of nitrogens with zero attached hydrogens (tertiary/aromatic N) is 1. The molecule has 0 amide bonds. The minimum absolute atomic E-state index is 0.429. The molecule has 116 valence electrons. The lowest BCUT2D eigenvalue weighted by molar-refractivity contribution is 0.132. The van der Waals surface area contributed by atoms with E-state index in [0.29, 0.717) is 6.04 Å². The summed E-state index contributed by atoms with van der Waals surface area (Å²) in [5.41, 5.74) is 0. The Morgan fingerprint density at radius 3 is 2.65 bits per heavy atom. The predicted molar refractivity (Wildman–Crippen MR) is 85.5 cm³/mol. The van der Waals surface area contributed by atoms with E-state index in [4.69, 9.17) is 9.47 Å². The van der Waals surface area contributed by atoms with Crippen molar-refractivity contribution in [3.8, 4) is 0 Å². The number of rotatable bonds is 12. The topological polar surface area (TPSA) is 33.7 Å². The maximum absolute atomic E-state index is 5.17. The summed E-state index contributed by atoms with van der Waals surface area (Å²) < 4.78 is 10.3. The van der Waals surface area contributed by atoms with Crippen molar-refractivity contribution < 1.29 is 9.47 Å². The fourth-order valence-electron chi connectivity index (χ4n) is 2.07. The SMILES string of the molecule is COCCCN(CCNC(C)c1cccs1)CCOC. The van der Waals surface area contributed by atoms with E-state index >= 15 is 0 Å². The Morgan fingerprint density at radius 1 is 1.20 bits per heavy atom. The number of thiophene rings is 1. The van der Waals surface area contributed by atoms with Crippen LogP contribution in [0.25, 0.3) is 0 Å². The molecule has 1 unspecified atom stereocenters. The van der Waals surface area contributed by atoms with Gasteiger partial charge < -0.3 is 14.8 Å². The molecule has 1 heterocycles. The van der Waals surface area contributed by atoms with Gasteiger partial charge in [0.05, 0.1) is 6.61 Å². The first-order valence-electron chi connectivity index (χ1n) is 7.25. The molecule has 0 aromatic carbocycles. The Bertz CT molecular complexity index is 320. The smallest absolute Gasteiger partial charge is 0.0589 e. The first kappa shape index (κ1) is 17.6. The van der Waals surface area contributed by atoms with Crippen LogP contribution in [0.3, 0.4) is 0 Å². The first-order valence-corrected chi connectivity index (χ1v) is 8.13. The van der Waals surface area contributed by atoms with E-state index in [1.807, 2.05) is 11.3 Å². The average Bonchev–Trinajstić information content (AvgIpc) is 2.98. The molecule has 1 atom stereocenters. The molecular formula is C15H28N2O2S. The maximum Gasteiger partial charge on any atom is 0.0589 e. The van der Waals surface area contributed by atoms with Crippen LogP contribution >= 0.6 is 11.3 Å². The standard InChI is InChI=1S/C15H28N2O2S/c1-14(15-6-4-13-20-15)16-7-9-17(10-12-19-3)8-5-11-18-2/h4,6,13-14,16H,5,7-12H2,1-3H3. The second kappa shape index (κ2) is 11.2. The van der Waals surface area contributed by atoms with E-state index in [1.165, 1.54) is 4.88 Å². The molecule has 1 N–H and O–H groups in total. The summed E-state index contributed by atoms with van der Waals surface area (Å²) in [6.07, 6.45) is 1.07. The quantitative estimate of drug-likeness (QED) is 0.601. The van der Waals surface area contributed by atoms with Gasteiger partial charge in [-0.3, -0.25) is 4.90 Å². The summed E-state index contributed by atoms with van der Waals surface area (Å²) in [6.45, 7) is 7.91. The molecule has 0 fully saturated rings. The van der Waals surface area contributed by atoms with E-state index in [9.17, 15) is 0 Å². The molecule has 0 saturated carbocycles. The lowest BCUT2D eigenvalue weighted by Crippen LogP contribution is -2.36. The summed E-state index contributed by atoms with van der Waals surface area (Å²) >= 11 is 1.81. The van der Waals surface area contributed by atoms with Crippen LogP contribution in [0.1, 0.15) is 24.3 Å². The van der Waals surface area contributed by atoms with Gasteiger partial charge in [0, 0.05) is 57.9 Å². The Labute approximate surface area is 127 Å². The molecular weight excluding hydrogens is 272 g/mol. The Hall–Kier alpha value is -0.460. The zero-order chi connectivity index (χ0) is 14.6. The van der Waals surface area contributed by atoms with Crippen LogP contribution < -0.4 is 5.32 Å². The van der Waals surface area contributed by atoms with Gasteiger partial charge in [-0.1, -0.05) is 6.07 Å². The summed E-state index contributed by atoms with van der Waals surface area (Å²) in [7, 11) is 3.51. The van der Waals surface area contributed by atoms with Gasteiger partial charge in [-0.05, 0) is 24.8 Å². The molecule has 0 aliphatic rings. The molecule has 0 saturated heterocycles. The Balaban J connectivity index is 2.22. The molecule has 1 aromatic heterocycles. The van der Waals surface area contributed by atoms with Gasteiger partial charge in [0.1, 0.15) is 0 Å². The normalized spacial score (nSPS) is 13.0. The molecule has 0 aliphatic heterocycles. The number of hydrogen-bond donors (Lipinski definition) is 1. The summed E-state index contributed by atoms with van der Waals surface area (Å²) in [5.74, 6) is 0. The van der Waals surface area contributed by atoms with Crippen molar-refractivity contribution in [2.24, 2.45) is 0 Å². The lowest BCUT2D eigenvalue weighted by Gasteiger charge is -2.23. The monoisotopic (exact) mass is 300 g/mol. The van der Waals surface area contributed by atoms with E-state index in [-0.39, 0.29) is 0 Å². The van der Waals surface area contributed by atoms with Crippen molar-refractivity contribution in [1.29, 1.82) is 0 Å². The third-order valence-electron chi connectivity index (χ3n) is 3.28. The van der Waals surface area contributed by atoms with Crippen molar-refractivity contribution >= 4 is 11.3 Å². The number of methoxy groups -OCH3 is 2. The van der Waals surface area contributed by atoms with Crippen molar-refractivity contribution in [3.05, 3.63) is 22.4 Å². The van der Waals surface area contributed by atoms with Gasteiger partial charge >= 0.3 is 0 Å². The fourth-order valence-corrected chi connectivity index (χ4v) is 2.82. The van der Waals surface area contributed by atoms with E-state index in [0.717, 1.165) is 45.8 Å². The summed E-state index contributed by atoms with van der Waals surface area (Å²) in [5, 5.41) is 5.71. The second-order valence-corrected chi connectivity index (χ2v) is 5.85. The zero-order valence-corrected chi connectivity index (χ0v) is 13.7. The van der Waals surface area contributed by atoms with Crippen molar-refractivity contribution in [2.45, 2.75) is 19.4 Å². The molecule has 0 radical (unpaired) electrons. The van der Waals surface area contributed by atoms with Gasteiger partial charge in [0.25, 0.3) is 0 Å². The van der Waals surface area contributed by atoms with Gasteiger partial charge in [0.2, 0.25) is 0 Å². The fraction of sp³-hybridized carbons (Fsp3) is 0.733. The van der Waals surface area contributed by atoms with Crippen molar-refractivity contribution in [1.82, 2.24) is 10.2 Å². The highest BCUT2D eigenvalue weighted by Gasteiger charge is 2.08. The largest absolute Gasteiger partial charge is 0.385 e. The molecule has 0 bridgehead atoms. The van der Waals surface area contributed by atoms with Crippen LogP contribution in [0.2, 0.25) is 0 Å². The van der Waals surface area contributed by atoms with Crippen LogP contribution in [-0.2, 0) is 9.47 Å². The van der Waals surface area contributed by atoms with Gasteiger partial charge in [-0.2, -0.15) is 0 Å². The third-order valence-corrected chi connectivity index (χ3v) is 4.34. The number of hydrogen-bond acceptors (Lipinski definition) is 5. The average molecular weight is 300 g/mol. The number of ether oxygens (including phenoxy) is 2. The van der Waals surface area contributed by atoms with Crippen LogP contribution in [0, 0.1) is 0 Å². The molecule has 1 aromatic rings. The third kappa shape index (κ3) is 7.36. The van der Waals surface area contributed by atoms with Crippen molar-refractivity contribution in [3.63, 3.8) is 0 Å². The minimum Gasteiger partial charge on any atom is -0.385 e. The Morgan fingerprint density at radius 2 is 2.00 bits per heavy atom. The lowest BCUT2D eigenvalue weighted by atomic mass is 10.2. The van der Waals surface area contributed by atoms with Crippen LogP contribution in [0.4, 0.5) is 0 Å². The number of nitrogens with one attached hydrogen (secondary N) is 1. The molecule has 20 heavy (non-hydrogen) atoms. The molecule has 0 aliphatic carbocycles. The van der Waals surface area contributed by atoms with E-state index < -0.39 is 0 Å². The maximum atomic E-state index is 5.17. The minimum atomic E-state index is 0.429. The van der Waals surface area contributed by atoms with E-state index in [2.05, 4.69) is 34.7 Å². The highest BCUT2D eigenvalue weighted by molar-refractivity contribution is 7.10.